The van der Waals surface area contributed by atoms with Crippen LogP contribution in [0, 0.1) is 0 Å². The lowest BCUT2D eigenvalue weighted by Crippen LogP contribution is -2.13. The molecule has 0 N–H and O–H groups in total. The molecular formula is C45H44N2O12. The molecule has 59 heavy (non-hydrogen) atoms. The second-order valence-electron chi connectivity index (χ2n) is 12.3. The van der Waals surface area contributed by atoms with Crippen LogP contribution in [0.15, 0.2) is 127 Å². The first-order valence-corrected chi connectivity index (χ1v) is 18.6. The standard InChI is InChI=1S/C45H44N2O12/c1-4-41(48)56-27-8-6-7-25-54-36-20-14-34(15-21-36)43(50)58-38-18-11-32(12-19-38)30-46-47-31-33-13-24-40(39(29-33)45(52)53-3)59-44(51)35-16-22-37(23-17-35)55-26-9-10-28-57-42(49)5-2/h4-5,11-24,29-31H,1-2,6-10,25-28H2,3H3. The van der Waals surface area contributed by atoms with E-state index in [0.717, 1.165) is 31.4 Å². The van der Waals surface area contributed by atoms with Crippen LogP contribution >= 0.6 is 0 Å². The van der Waals surface area contributed by atoms with Gasteiger partial charge in [-0.2, -0.15) is 10.2 Å². The Morgan fingerprint density at radius 2 is 0.983 bits per heavy atom. The Balaban J connectivity index is 1.22. The first kappa shape index (κ1) is 44.4. The number of carbonyl (C=O) groups excluding carboxylic acids is 5. The zero-order valence-electron chi connectivity index (χ0n) is 32.5. The number of ether oxygens (including phenoxy) is 7. The summed E-state index contributed by atoms with van der Waals surface area (Å²) < 4.78 is 37.2. The summed E-state index contributed by atoms with van der Waals surface area (Å²) in [4.78, 5) is 60.3. The van der Waals surface area contributed by atoms with Gasteiger partial charge >= 0.3 is 29.8 Å². The second-order valence-corrected chi connectivity index (χ2v) is 12.3. The van der Waals surface area contributed by atoms with Crippen molar-refractivity contribution in [3.05, 3.63) is 144 Å². The fraction of sp³-hybridized carbons (Fsp3) is 0.222. The van der Waals surface area contributed by atoms with E-state index in [1.165, 1.54) is 31.7 Å². The van der Waals surface area contributed by atoms with Gasteiger partial charge in [-0.1, -0.05) is 13.2 Å². The third kappa shape index (κ3) is 15.6. The van der Waals surface area contributed by atoms with Gasteiger partial charge in [0.2, 0.25) is 0 Å². The molecule has 0 unspecified atom stereocenters. The highest BCUT2D eigenvalue weighted by molar-refractivity contribution is 5.98. The molecule has 0 aromatic heterocycles. The fourth-order valence-corrected chi connectivity index (χ4v) is 4.94. The van der Waals surface area contributed by atoms with Crippen molar-refractivity contribution in [1.29, 1.82) is 0 Å². The highest BCUT2D eigenvalue weighted by atomic mass is 16.6. The summed E-state index contributed by atoms with van der Waals surface area (Å²) in [5, 5.41) is 8.11. The van der Waals surface area contributed by atoms with Crippen LogP contribution in [0.5, 0.6) is 23.0 Å². The summed E-state index contributed by atoms with van der Waals surface area (Å²) >= 11 is 0. The van der Waals surface area contributed by atoms with Crippen LogP contribution in [0.25, 0.3) is 0 Å². The number of carbonyl (C=O) groups is 5. The molecule has 0 spiro atoms. The van der Waals surface area contributed by atoms with E-state index < -0.39 is 29.8 Å². The molecule has 306 valence electrons. The predicted octanol–water partition coefficient (Wildman–Crippen LogP) is 7.53. The van der Waals surface area contributed by atoms with E-state index in [2.05, 4.69) is 23.4 Å². The number of hydrogen-bond donors (Lipinski definition) is 0. The molecule has 0 atom stereocenters. The van der Waals surface area contributed by atoms with Gasteiger partial charge in [-0.05, 0) is 134 Å². The van der Waals surface area contributed by atoms with Gasteiger partial charge in [-0.3, -0.25) is 0 Å². The molecule has 0 radical (unpaired) electrons. The molecule has 0 amide bonds. The van der Waals surface area contributed by atoms with Crippen molar-refractivity contribution in [2.45, 2.75) is 32.1 Å². The summed E-state index contributed by atoms with van der Waals surface area (Å²) in [7, 11) is 1.21. The minimum Gasteiger partial charge on any atom is -0.494 e. The Morgan fingerprint density at radius 3 is 1.53 bits per heavy atom. The molecule has 0 bridgehead atoms. The molecule has 0 fully saturated rings. The molecule has 0 aliphatic carbocycles. The molecule has 0 saturated heterocycles. The van der Waals surface area contributed by atoms with Crippen molar-refractivity contribution in [3.8, 4) is 23.0 Å². The van der Waals surface area contributed by atoms with E-state index >= 15 is 0 Å². The minimum atomic E-state index is -0.716. The van der Waals surface area contributed by atoms with Crippen LogP contribution < -0.4 is 18.9 Å². The lowest BCUT2D eigenvalue weighted by Gasteiger charge is -2.10. The van der Waals surface area contributed by atoms with Crippen LogP contribution in [0.1, 0.15) is 74.3 Å². The van der Waals surface area contributed by atoms with Crippen molar-refractivity contribution in [2.75, 3.05) is 33.5 Å². The number of rotatable bonds is 23. The molecular weight excluding hydrogens is 760 g/mol. The summed E-state index contributed by atoms with van der Waals surface area (Å²) in [6.07, 6.45) is 8.79. The van der Waals surface area contributed by atoms with Crippen LogP contribution in [-0.4, -0.2) is 75.8 Å². The van der Waals surface area contributed by atoms with E-state index in [-0.39, 0.29) is 23.5 Å². The molecule has 4 aromatic carbocycles. The third-order valence-corrected chi connectivity index (χ3v) is 8.05. The Morgan fingerprint density at radius 1 is 0.525 bits per heavy atom. The number of benzene rings is 4. The Bertz CT molecular complexity index is 2110. The Kier molecular flexibility index (Phi) is 18.3. The molecule has 0 aliphatic heterocycles. The topological polar surface area (TPSA) is 175 Å². The van der Waals surface area contributed by atoms with Gasteiger partial charge < -0.3 is 33.2 Å². The van der Waals surface area contributed by atoms with E-state index in [1.807, 2.05) is 0 Å². The quantitative estimate of drug-likeness (QED) is 0.0137. The summed E-state index contributed by atoms with van der Waals surface area (Å²) in [5.74, 6) is -1.34. The normalized spacial score (nSPS) is 10.7. The van der Waals surface area contributed by atoms with Crippen LogP contribution in [0.4, 0.5) is 0 Å². The molecule has 0 saturated carbocycles. The average Bonchev–Trinajstić information content (AvgIpc) is 3.26. The average molecular weight is 805 g/mol. The maximum Gasteiger partial charge on any atom is 0.343 e. The van der Waals surface area contributed by atoms with Crippen molar-refractivity contribution >= 4 is 42.3 Å². The maximum absolute atomic E-state index is 12.9. The number of esters is 5. The first-order valence-electron chi connectivity index (χ1n) is 18.6. The Labute approximate surface area is 341 Å². The number of nitrogens with zero attached hydrogens (tertiary/aromatic N) is 2. The van der Waals surface area contributed by atoms with Crippen LogP contribution in [0.2, 0.25) is 0 Å². The fourth-order valence-electron chi connectivity index (χ4n) is 4.94. The predicted molar refractivity (Wildman–Crippen MR) is 219 cm³/mol. The van der Waals surface area contributed by atoms with E-state index in [0.29, 0.717) is 66.6 Å². The van der Waals surface area contributed by atoms with Crippen molar-refractivity contribution in [3.63, 3.8) is 0 Å². The number of methoxy groups -OCH3 is 1. The molecule has 14 nitrogen and oxygen atoms in total. The maximum atomic E-state index is 12.9. The lowest BCUT2D eigenvalue weighted by molar-refractivity contribution is -0.138. The SMILES string of the molecule is C=CC(=O)OCCCCCOc1ccc(C(=O)Oc2ccc(C=NN=Cc3ccc(OC(=O)c4ccc(OCCCCOC(=O)C=C)cc4)c(C(=O)OC)c3)cc2)cc1. The van der Waals surface area contributed by atoms with Gasteiger partial charge in [0.05, 0.1) is 57.1 Å². The van der Waals surface area contributed by atoms with E-state index in [1.54, 1.807) is 78.9 Å². The van der Waals surface area contributed by atoms with Gasteiger partial charge in [0.1, 0.15) is 28.6 Å². The van der Waals surface area contributed by atoms with Crippen LogP contribution in [-0.2, 0) is 23.8 Å². The highest BCUT2D eigenvalue weighted by Gasteiger charge is 2.18. The molecule has 14 heteroatoms. The Hall–Kier alpha value is -7.35. The van der Waals surface area contributed by atoms with E-state index in [4.69, 9.17) is 33.2 Å². The summed E-state index contributed by atoms with van der Waals surface area (Å²) in [6, 6.07) is 24.1. The van der Waals surface area contributed by atoms with Crippen molar-refractivity contribution in [1.82, 2.24) is 0 Å². The molecule has 0 heterocycles. The van der Waals surface area contributed by atoms with Crippen molar-refractivity contribution in [2.24, 2.45) is 10.2 Å². The van der Waals surface area contributed by atoms with Gasteiger partial charge in [0.15, 0.2) is 0 Å². The van der Waals surface area contributed by atoms with Gasteiger partial charge in [0.25, 0.3) is 0 Å². The van der Waals surface area contributed by atoms with Gasteiger partial charge in [0, 0.05) is 12.2 Å². The van der Waals surface area contributed by atoms with Crippen LogP contribution in [0.3, 0.4) is 0 Å². The highest BCUT2D eigenvalue weighted by Crippen LogP contribution is 2.23. The van der Waals surface area contributed by atoms with Gasteiger partial charge in [-0.25, -0.2) is 24.0 Å². The lowest BCUT2D eigenvalue weighted by atomic mass is 10.1. The molecule has 4 rings (SSSR count). The third-order valence-electron chi connectivity index (χ3n) is 8.05. The minimum absolute atomic E-state index is 0.00264. The summed E-state index contributed by atoms with van der Waals surface area (Å²) in [6.45, 7) is 8.19. The summed E-state index contributed by atoms with van der Waals surface area (Å²) in [5.41, 5.74) is 1.78. The zero-order valence-corrected chi connectivity index (χ0v) is 32.5. The largest absolute Gasteiger partial charge is 0.494 e. The van der Waals surface area contributed by atoms with Crippen molar-refractivity contribution < 1.29 is 57.1 Å². The first-order chi connectivity index (χ1) is 28.7. The molecule has 4 aromatic rings. The zero-order chi connectivity index (χ0) is 42.2. The van der Waals surface area contributed by atoms with E-state index in [9.17, 15) is 24.0 Å². The monoisotopic (exact) mass is 804 g/mol. The second kappa shape index (κ2) is 24.3. The number of unbranched alkanes of at least 4 members (excludes halogenated alkanes) is 3. The number of hydrogen-bond acceptors (Lipinski definition) is 14. The molecule has 0 aliphatic rings. The van der Waals surface area contributed by atoms with Gasteiger partial charge in [-0.15, -0.1) is 0 Å². The smallest absolute Gasteiger partial charge is 0.343 e.